The normalized spacial score (nSPS) is 16.4. The minimum absolute atomic E-state index is 0.0423. The number of hydrogen-bond donors (Lipinski definition) is 2. The summed E-state index contributed by atoms with van der Waals surface area (Å²) in [5.74, 6) is -1.24. The molecule has 0 unspecified atom stereocenters. The van der Waals surface area contributed by atoms with Gasteiger partial charge in [0.25, 0.3) is 0 Å². The number of carbonyl (C=O) groups is 2. The summed E-state index contributed by atoms with van der Waals surface area (Å²) in [4.78, 5) is 26.6. The van der Waals surface area contributed by atoms with Crippen LogP contribution in [0.3, 0.4) is 0 Å². The van der Waals surface area contributed by atoms with Gasteiger partial charge in [0.15, 0.2) is 23.1 Å². The van der Waals surface area contributed by atoms with E-state index in [4.69, 9.17) is 9.47 Å². The van der Waals surface area contributed by atoms with Gasteiger partial charge in [0.1, 0.15) is 0 Å². The number of carbonyl (C=O) groups excluding carboxylic acids is 2. The summed E-state index contributed by atoms with van der Waals surface area (Å²) in [6.45, 7) is 1.24. The smallest absolute Gasteiger partial charge is 0.237 e. The number of amides is 2. The minimum Gasteiger partial charge on any atom is -0.493 e. The number of nitrogens with zero attached hydrogens (tertiary/aromatic N) is 1. The number of methoxy groups -OCH3 is 2. The maximum atomic E-state index is 14.1. The number of halogens is 2. The van der Waals surface area contributed by atoms with Gasteiger partial charge in [-0.3, -0.25) is 14.5 Å². The zero-order chi connectivity index (χ0) is 23.1. The number of ether oxygens (including phenoxy) is 2. The molecule has 0 aliphatic carbocycles. The van der Waals surface area contributed by atoms with Crippen LogP contribution in [0, 0.1) is 11.6 Å². The lowest BCUT2D eigenvalue weighted by Crippen LogP contribution is -2.56. The van der Waals surface area contributed by atoms with Crippen LogP contribution in [-0.4, -0.2) is 56.6 Å². The highest BCUT2D eigenvalue weighted by atomic mass is 19.2. The van der Waals surface area contributed by atoms with Crippen molar-refractivity contribution in [1.29, 1.82) is 0 Å². The Hall–Kier alpha value is -3.20. The van der Waals surface area contributed by atoms with Crippen LogP contribution in [0.5, 0.6) is 11.5 Å². The molecule has 172 valence electrons. The Kier molecular flexibility index (Phi) is 7.99. The molecule has 2 amide bonds. The molecule has 1 aliphatic heterocycles. The van der Waals surface area contributed by atoms with Gasteiger partial charge in [-0.15, -0.1) is 0 Å². The van der Waals surface area contributed by atoms with Crippen LogP contribution in [0.25, 0.3) is 0 Å². The van der Waals surface area contributed by atoms with Crippen LogP contribution in [0.4, 0.5) is 8.78 Å². The first-order chi connectivity index (χ1) is 15.4. The molecule has 1 heterocycles. The maximum Gasteiger partial charge on any atom is 0.237 e. The molecule has 1 atom stereocenters. The van der Waals surface area contributed by atoms with Gasteiger partial charge < -0.3 is 20.1 Å². The van der Waals surface area contributed by atoms with Crippen molar-refractivity contribution in [3.63, 3.8) is 0 Å². The Balaban J connectivity index is 1.57. The molecule has 2 aromatic carbocycles. The molecule has 3 rings (SSSR count). The van der Waals surface area contributed by atoms with E-state index in [1.54, 1.807) is 25.2 Å². The standard InChI is InChI=1S/C23H27F2N3O4/c1-31-19-7-6-15(12-20(19)32-2)8-9-26-21(29)13-18-23(30)27-10-11-28(18)14-16-4-3-5-17(24)22(16)25/h3-7,12,18H,8-11,13-14H2,1-2H3,(H,26,29)(H,27,30)/t18-/m0/s1. The molecule has 1 fully saturated rings. The second-order valence-corrected chi connectivity index (χ2v) is 7.48. The van der Waals surface area contributed by atoms with E-state index in [1.807, 2.05) is 12.1 Å². The lowest BCUT2D eigenvalue weighted by Gasteiger charge is -2.34. The largest absolute Gasteiger partial charge is 0.493 e. The molecular formula is C23H27F2N3O4. The second-order valence-electron chi connectivity index (χ2n) is 7.48. The molecule has 0 spiro atoms. The molecule has 9 heteroatoms. The van der Waals surface area contributed by atoms with Crippen LogP contribution in [0.1, 0.15) is 17.5 Å². The number of nitrogens with one attached hydrogen (secondary N) is 2. The first-order valence-electron chi connectivity index (χ1n) is 10.3. The summed E-state index contributed by atoms with van der Waals surface area (Å²) in [5, 5.41) is 5.55. The van der Waals surface area contributed by atoms with E-state index in [9.17, 15) is 18.4 Å². The summed E-state index contributed by atoms with van der Waals surface area (Å²) >= 11 is 0. The molecule has 32 heavy (non-hydrogen) atoms. The Morgan fingerprint density at radius 3 is 2.72 bits per heavy atom. The number of piperazine rings is 1. The lowest BCUT2D eigenvalue weighted by atomic mass is 10.1. The molecule has 1 saturated heterocycles. The van der Waals surface area contributed by atoms with E-state index < -0.39 is 17.7 Å². The summed E-state index contributed by atoms with van der Waals surface area (Å²) in [7, 11) is 3.12. The SMILES string of the molecule is COc1ccc(CCNC(=O)C[C@H]2C(=O)NCCN2Cc2cccc(F)c2F)cc1OC. The van der Waals surface area contributed by atoms with E-state index in [2.05, 4.69) is 10.6 Å². The molecule has 7 nitrogen and oxygen atoms in total. The van der Waals surface area contributed by atoms with Gasteiger partial charge in [0.2, 0.25) is 11.8 Å². The van der Waals surface area contributed by atoms with Crippen molar-refractivity contribution >= 4 is 11.8 Å². The topological polar surface area (TPSA) is 79.9 Å². The van der Waals surface area contributed by atoms with Gasteiger partial charge >= 0.3 is 0 Å². The molecule has 0 bridgehead atoms. The summed E-state index contributed by atoms with van der Waals surface area (Å²) in [5.41, 5.74) is 1.11. The van der Waals surface area contributed by atoms with E-state index >= 15 is 0 Å². The number of benzene rings is 2. The van der Waals surface area contributed by atoms with Crippen LogP contribution in [0.2, 0.25) is 0 Å². The Bertz CT molecular complexity index is 970. The third kappa shape index (κ3) is 5.73. The predicted octanol–water partition coefficient (Wildman–Crippen LogP) is 2.03. The quantitative estimate of drug-likeness (QED) is 0.615. The average molecular weight is 447 g/mol. The highest BCUT2D eigenvalue weighted by Gasteiger charge is 2.32. The fraction of sp³-hybridized carbons (Fsp3) is 0.391. The average Bonchev–Trinajstić information content (AvgIpc) is 2.79. The number of hydrogen-bond acceptors (Lipinski definition) is 5. The second kappa shape index (κ2) is 10.9. The predicted molar refractivity (Wildman–Crippen MR) is 114 cm³/mol. The molecule has 0 aromatic heterocycles. The molecule has 0 radical (unpaired) electrons. The van der Waals surface area contributed by atoms with Crippen molar-refractivity contribution in [2.75, 3.05) is 33.9 Å². The van der Waals surface area contributed by atoms with E-state index in [0.717, 1.165) is 11.6 Å². The van der Waals surface area contributed by atoms with Crippen LogP contribution in [-0.2, 0) is 22.6 Å². The minimum atomic E-state index is -0.937. The van der Waals surface area contributed by atoms with E-state index in [0.29, 0.717) is 37.6 Å². The van der Waals surface area contributed by atoms with Crippen molar-refractivity contribution in [2.24, 2.45) is 0 Å². The maximum absolute atomic E-state index is 14.1. The molecular weight excluding hydrogens is 420 g/mol. The van der Waals surface area contributed by atoms with Crippen molar-refractivity contribution in [3.05, 3.63) is 59.2 Å². The molecule has 2 aromatic rings. The first-order valence-corrected chi connectivity index (χ1v) is 10.3. The Labute approximate surface area is 185 Å². The van der Waals surface area contributed by atoms with Crippen molar-refractivity contribution < 1.29 is 27.8 Å². The van der Waals surface area contributed by atoms with Gasteiger partial charge in [0.05, 0.1) is 26.7 Å². The highest BCUT2D eigenvalue weighted by Crippen LogP contribution is 2.27. The van der Waals surface area contributed by atoms with Gasteiger partial charge in [-0.1, -0.05) is 18.2 Å². The number of rotatable bonds is 9. The molecule has 1 aliphatic rings. The first kappa shape index (κ1) is 23.5. The van der Waals surface area contributed by atoms with Crippen LogP contribution in [0.15, 0.2) is 36.4 Å². The zero-order valence-corrected chi connectivity index (χ0v) is 18.1. The third-order valence-corrected chi connectivity index (χ3v) is 5.41. The fourth-order valence-electron chi connectivity index (χ4n) is 3.69. The molecule has 2 N–H and O–H groups in total. The summed E-state index contributed by atoms with van der Waals surface area (Å²) in [6.07, 6.45) is 0.496. The lowest BCUT2D eigenvalue weighted by molar-refractivity contribution is -0.134. The van der Waals surface area contributed by atoms with Crippen molar-refractivity contribution in [2.45, 2.75) is 25.4 Å². The zero-order valence-electron chi connectivity index (χ0n) is 18.1. The van der Waals surface area contributed by atoms with Gasteiger partial charge in [-0.2, -0.15) is 0 Å². The van der Waals surface area contributed by atoms with Gasteiger partial charge in [-0.25, -0.2) is 8.78 Å². The van der Waals surface area contributed by atoms with Gasteiger partial charge in [-0.05, 0) is 30.2 Å². The Morgan fingerprint density at radius 2 is 1.97 bits per heavy atom. The van der Waals surface area contributed by atoms with Crippen molar-refractivity contribution in [1.82, 2.24) is 15.5 Å². The van der Waals surface area contributed by atoms with Crippen LogP contribution < -0.4 is 20.1 Å². The highest BCUT2D eigenvalue weighted by molar-refractivity contribution is 5.88. The third-order valence-electron chi connectivity index (χ3n) is 5.41. The Morgan fingerprint density at radius 1 is 1.19 bits per heavy atom. The molecule has 0 saturated carbocycles. The van der Waals surface area contributed by atoms with E-state index in [-0.39, 0.29) is 30.3 Å². The van der Waals surface area contributed by atoms with Gasteiger partial charge in [0, 0.05) is 31.7 Å². The fourth-order valence-corrected chi connectivity index (χ4v) is 3.69. The monoisotopic (exact) mass is 447 g/mol. The van der Waals surface area contributed by atoms with Crippen molar-refractivity contribution in [3.8, 4) is 11.5 Å². The summed E-state index contributed by atoms with van der Waals surface area (Å²) in [6, 6.07) is 8.72. The summed E-state index contributed by atoms with van der Waals surface area (Å²) < 4.78 is 38.1. The van der Waals surface area contributed by atoms with E-state index in [1.165, 1.54) is 12.1 Å². The van der Waals surface area contributed by atoms with Crippen LogP contribution >= 0.6 is 0 Å².